The van der Waals surface area contributed by atoms with Gasteiger partial charge >= 0.3 is 11.0 Å². The zero-order valence-corrected chi connectivity index (χ0v) is 24.0. The van der Waals surface area contributed by atoms with Gasteiger partial charge in [-0.1, -0.05) is 71.6 Å². The van der Waals surface area contributed by atoms with E-state index in [2.05, 4.69) is 5.32 Å². The number of benzene rings is 3. The Hall–Kier alpha value is -4.62. The van der Waals surface area contributed by atoms with Crippen LogP contribution >= 0.6 is 23.1 Å². The molecule has 44 heavy (non-hydrogen) atoms. The van der Waals surface area contributed by atoms with E-state index < -0.39 is 57.1 Å². The Kier molecular flexibility index (Phi) is 6.74. The number of para-hydroxylation sites is 1. The molecule has 0 spiro atoms. The molecule has 1 saturated heterocycles. The summed E-state index contributed by atoms with van der Waals surface area (Å²) in [6.45, 7) is -0.383. The Balaban J connectivity index is 1.27. The molecule has 2 aromatic heterocycles. The fourth-order valence-electron chi connectivity index (χ4n) is 5.84. The highest BCUT2D eigenvalue weighted by Crippen LogP contribution is 2.54. The number of rotatable bonds is 5. The third-order valence-corrected chi connectivity index (χ3v) is 10.3. The lowest BCUT2D eigenvalue weighted by Crippen LogP contribution is -2.33. The number of furan rings is 1. The van der Waals surface area contributed by atoms with E-state index in [0.29, 0.717) is 20.5 Å². The van der Waals surface area contributed by atoms with E-state index in [1.54, 1.807) is 24.3 Å². The SMILES string of the molecule is O=C(Cn1c2c(sc1=O)[C@@H](c1ccco1)[C@@H]1C(=O)N(c3ccccc3C(F)(F)F)C(=O)[C@@H]1S2)Nc1cccc2ccccc12. The number of aromatic nitrogens is 1. The van der Waals surface area contributed by atoms with Crippen molar-refractivity contribution in [1.82, 2.24) is 4.57 Å². The number of nitrogens with zero attached hydrogens (tertiary/aromatic N) is 2. The number of anilines is 2. The van der Waals surface area contributed by atoms with Crippen molar-refractivity contribution < 1.29 is 32.0 Å². The summed E-state index contributed by atoms with van der Waals surface area (Å²) in [5.74, 6) is -3.93. The van der Waals surface area contributed by atoms with E-state index >= 15 is 0 Å². The van der Waals surface area contributed by atoms with Gasteiger partial charge in [0.25, 0.3) is 0 Å². The Labute approximate surface area is 255 Å². The highest BCUT2D eigenvalue weighted by Gasteiger charge is 2.58. The first-order valence-corrected chi connectivity index (χ1v) is 15.1. The molecule has 3 amide bonds. The number of carbonyl (C=O) groups excluding carboxylic acids is 3. The third-order valence-electron chi connectivity index (χ3n) is 7.71. The number of fused-ring (bicyclic) bond motifs is 3. The van der Waals surface area contributed by atoms with Crippen LogP contribution in [0.15, 0.2) is 99.4 Å². The fourth-order valence-corrected chi connectivity index (χ4v) is 8.60. The van der Waals surface area contributed by atoms with E-state index in [1.807, 2.05) is 30.3 Å². The molecule has 2 aliphatic heterocycles. The van der Waals surface area contributed by atoms with Gasteiger partial charge in [-0.15, -0.1) is 0 Å². The van der Waals surface area contributed by atoms with Crippen LogP contribution in [0.2, 0.25) is 0 Å². The van der Waals surface area contributed by atoms with Crippen LogP contribution in [0.4, 0.5) is 24.5 Å². The van der Waals surface area contributed by atoms with Crippen LogP contribution in [0, 0.1) is 5.92 Å². The summed E-state index contributed by atoms with van der Waals surface area (Å²) in [7, 11) is 0. The van der Waals surface area contributed by atoms with E-state index in [-0.39, 0.29) is 12.3 Å². The van der Waals surface area contributed by atoms with Gasteiger partial charge in [0.15, 0.2) is 0 Å². The second-order valence-electron chi connectivity index (χ2n) is 10.3. The molecule has 3 aromatic carbocycles. The number of imide groups is 1. The van der Waals surface area contributed by atoms with Crippen LogP contribution in [0.3, 0.4) is 0 Å². The van der Waals surface area contributed by atoms with Crippen LogP contribution < -0.4 is 15.1 Å². The summed E-state index contributed by atoms with van der Waals surface area (Å²) < 4.78 is 48.6. The number of hydrogen-bond acceptors (Lipinski definition) is 7. The molecule has 1 N–H and O–H groups in total. The lowest BCUT2D eigenvalue weighted by atomic mass is 9.86. The first-order valence-electron chi connectivity index (χ1n) is 13.4. The molecule has 5 aromatic rings. The van der Waals surface area contributed by atoms with Gasteiger partial charge in [-0.05, 0) is 35.7 Å². The summed E-state index contributed by atoms with van der Waals surface area (Å²) >= 11 is 1.72. The number of alkyl halides is 3. The molecule has 0 bridgehead atoms. The predicted octanol–water partition coefficient (Wildman–Crippen LogP) is 6.11. The monoisotopic (exact) mass is 635 g/mol. The molecule has 222 valence electrons. The molecule has 0 unspecified atom stereocenters. The normalized spacial score (nSPS) is 19.7. The number of nitrogens with one attached hydrogen (secondary N) is 1. The van der Waals surface area contributed by atoms with Gasteiger partial charge in [-0.25, -0.2) is 4.90 Å². The number of amides is 3. The smallest absolute Gasteiger partial charge is 0.418 e. The number of thioether (sulfide) groups is 1. The van der Waals surface area contributed by atoms with Gasteiger partial charge in [-0.3, -0.25) is 23.7 Å². The van der Waals surface area contributed by atoms with Gasteiger partial charge in [0.1, 0.15) is 17.6 Å². The minimum Gasteiger partial charge on any atom is -0.469 e. The van der Waals surface area contributed by atoms with Crippen molar-refractivity contribution in [2.75, 3.05) is 10.2 Å². The molecule has 8 nitrogen and oxygen atoms in total. The van der Waals surface area contributed by atoms with Crippen molar-refractivity contribution in [3.8, 4) is 0 Å². The average Bonchev–Trinajstić information content (AvgIpc) is 3.70. The third kappa shape index (κ3) is 4.54. The summed E-state index contributed by atoms with van der Waals surface area (Å²) in [6.07, 6.45) is -3.43. The lowest BCUT2D eigenvalue weighted by molar-refractivity contribution is -0.137. The zero-order chi connectivity index (χ0) is 30.7. The first-order chi connectivity index (χ1) is 21.1. The highest BCUT2D eigenvalue weighted by molar-refractivity contribution is 8.00. The van der Waals surface area contributed by atoms with Crippen molar-refractivity contribution >= 4 is 63.0 Å². The Morgan fingerprint density at radius 2 is 1.66 bits per heavy atom. The van der Waals surface area contributed by atoms with Crippen LogP contribution in [0.5, 0.6) is 0 Å². The van der Waals surface area contributed by atoms with Crippen LogP contribution in [-0.4, -0.2) is 27.5 Å². The Bertz CT molecular complexity index is 2010. The summed E-state index contributed by atoms with van der Waals surface area (Å²) in [4.78, 5) is 54.7. The first kappa shape index (κ1) is 28.2. The molecule has 0 radical (unpaired) electrons. The van der Waals surface area contributed by atoms with Gasteiger partial charge in [0.05, 0.1) is 39.3 Å². The predicted molar refractivity (Wildman–Crippen MR) is 159 cm³/mol. The molecule has 1 fully saturated rings. The zero-order valence-electron chi connectivity index (χ0n) is 22.4. The highest BCUT2D eigenvalue weighted by atomic mass is 32.2. The maximum Gasteiger partial charge on any atom is 0.418 e. The molecular formula is C31H20F3N3O5S2. The number of carbonyl (C=O) groups is 3. The quantitative estimate of drug-likeness (QED) is 0.234. The maximum atomic E-state index is 13.9. The van der Waals surface area contributed by atoms with Gasteiger partial charge in [0.2, 0.25) is 17.7 Å². The molecule has 4 heterocycles. The minimum absolute atomic E-state index is 0.280. The van der Waals surface area contributed by atoms with Crippen molar-refractivity contribution in [2.45, 2.75) is 28.9 Å². The minimum atomic E-state index is -4.81. The average molecular weight is 636 g/mol. The van der Waals surface area contributed by atoms with E-state index in [4.69, 9.17) is 4.42 Å². The van der Waals surface area contributed by atoms with Crippen molar-refractivity contribution in [3.05, 3.63) is 111 Å². The largest absolute Gasteiger partial charge is 0.469 e. The standard InChI is InChI=1S/C31H20F3N3O5S2/c32-31(33,34)18-10-3-4-12-20(18)37-27(39)24-23(21-13-6-14-42-21)26-29(43-25(24)28(37)40)36(30(41)44-26)15-22(38)35-19-11-5-8-16-7-1-2-9-17(16)19/h1-14,23-25H,15H2,(H,35,38)/t23-,24-,25+/m0/s1. The van der Waals surface area contributed by atoms with Gasteiger partial charge < -0.3 is 9.73 Å². The van der Waals surface area contributed by atoms with Crippen LogP contribution in [-0.2, 0) is 27.1 Å². The van der Waals surface area contributed by atoms with Gasteiger partial charge in [-0.2, -0.15) is 13.2 Å². The van der Waals surface area contributed by atoms with Crippen molar-refractivity contribution in [2.24, 2.45) is 5.92 Å². The summed E-state index contributed by atoms with van der Waals surface area (Å²) in [6, 6.07) is 20.5. The van der Waals surface area contributed by atoms with E-state index in [9.17, 15) is 32.3 Å². The van der Waals surface area contributed by atoms with E-state index in [0.717, 1.165) is 46.0 Å². The molecular weight excluding hydrogens is 615 g/mol. The van der Waals surface area contributed by atoms with Gasteiger partial charge in [0, 0.05) is 11.1 Å². The number of hydrogen-bond donors (Lipinski definition) is 1. The molecule has 0 saturated carbocycles. The van der Waals surface area contributed by atoms with E-state index in [1.165, 1.54) is 23.0 Å². The maximum absolute atomic E-state index is 13.9. The Morgan fingerprint density at radius 1 is 0.909 bits per heavy atom. The molecule has 3 atom stereocenters. The summed E-state index contributed by atoms with van der Waals surface area (Å²) in [5, 5.41) is 3.71. The Morgan fingerprint density at radius 3 is 2.43 bits per heavy atom. The lowest BCUT2D eigenvalue weighted by Gasteiger charge is -2.29. The number of thiazole rings is 1. The number of halogens is 3. The van der Waals surface area contributed by atoms with Crippen LogP contribution in [0.1, 0.15) is 22.1 Å². The fraction of sp³-hybridized carbons (Fsp3) is 0.161. The summed E-state index contributed by atoms with van der Waals surface area (Å²) in [5.41, 5.74) is -1.11. The van der Waals surface area contributed by atoms with Crippen molar-refractivity contribution in [1.29, 1.82) is 0 Å². The molecule has 2 aliphatic rings. The second kappa shape index (κ2) is 10.5. The van der Waals surface area contributed by atoms with Crippen molar-refractivity contribution in [3.63, 3.8) is 0 Å². The molecule has 0 aliphatic carbocycles. The molecule has 13 heteroatoms. The second-order valence-corrected chi connectivity index (χ2v) is 12.4. The molecule has 7 rings (SSSR count). The topological polar surface area (TPSA) is 102 Å². The van der Waals surface area contributed by atoms with Crippen LogP contribution in [0.25, 0.3) is 10.8 Å².